The van der Waals surface area contributed by atoms with Gasteiger partial charge in [0.25, 0.3) is 0 Å². The first kappa shape index (κ1) is 14.3. The van der Waals surface area contributed by atoms with E-state index in [2.05, 4.69) is 29.0 Å². The number of rotatable bonds is 7. The number of piperazine rings is 1. The lowest BCUT2D eigenvalue weighted by Gasteiger charge is -2.37. The van der Waals surface area contributed by atoms with Crippen LogP contribution >= 0.6 is 0 Å². The van der Waals surface area contributed by atoms with Gasteiger partial charge >= 0.3 is 0 Å². The molecule has 0 saturated carbocycles. The Morgan fingerprint density at radius 3 is 2.83 bits per heavy atom. The fourth-order valence-electron chi connectivity index (χ4n) is 3.29. The topological polar surface area (TPSA) is 18.5 Å². The molecule has 0 aromatic carbocycles. The first-order valence-corrected chi connectivity index (χ1v) is 7.95. The molecule has 106 valence electrons. The van der Waals surface area contributed by atoms with Crippen molar-refractivity contribution in [3.8, 4) is 0 Å². The third-order valence-corrected chi connectivity index (χ3v) is 4.38. The van der Waals surface area contributed by atoms with E-state index in [1.807, 2.05) is 0 Å². The van der Waals surface area contributed by atoms with Crippen LogP contribution in [0.2, 0.25) is 0 Å². The second-order valence-corrected chi connectivity index (χ2v) is 6.30. The highest BCUT2D eigenvalue weighted by atomic mass is 15.3. The summed E-state index contributed by atoms with van der Waals surface area (Å²) in [6.07, 6.45) is 6.97. The molecule has 1 unspecified atom stereocenters. The Hall–Kier alpha value is -0.120. The van der Waals surface area contributed by atoms with Crippen LogP contribution in [-0.2, 0) is 0 Å². The summed E-state index contributed by atoms with van der Waals surface area (Å²) >= 11 is 0. The number of fused-ring (bicyclic) bond motifs is 1. The summed E-state index contributed by atoms with van der Waals surface area (Å²) in [7, 11) is 0. The Labute approximate surface area is 113 Å². The fourth-order valence-corrected chi connectivity index (χ4v) is 3.29. The minimum absolute atomic E-state index is 0.639. The summed E-state index contributed by atoms with van der Waals surface area (Å²) in [5, 5.41) is 3.49. The molecule has 2 fully saturated rings. The number of unbranched alkanes of at least 4 members (excludes halogenated alkanes) is 2. The maximum atomic E-state index is 3.49. The van der Waals surface area contributed by atoms with Gasteiger partial charge < -0.3 is 10.2 Å². The molecule has 2 aliphatic heterocycles. The van der Waals surface area contributed by atoms with E-state index in [4.69, 9.17) is 0 Å². The maximum absolute atomic E-state index is 3.49. The summed E-state index contributed by atoms with van der Waals surface area (Å²) < 4.78 is 0. The molecule has 0 aromatic rings. The van der Waals surface area contributed by atoms with E-state index in [-0.39, 0.29) is 0 Å². The van der Waals surface area contributed by atoms with Crippen molar-refractivity contribution in [2.24, 2.45) is 0 Å². The van der Waals surface area contributed by atoms with Crippen LogP contribution in [-0.4, -0.2) is 61.2 Å². The first-order valence-electron chi connectivity index (χ1n) is 7.95. The van der Waals surface area contributed by atoms with Gasteiger partial charge in [-0.1, -0.05) is 20.3 Å². The predicted molar refractivity (Wildman–Crippen MR) is 78.0 cm³/mol. The van der Waals surface area contributed by atoms with Gasteiger partial charge in [0, 0.05) is 31.7 Å². The largest absolute Gasteiger partial charge is 0.315 e. The molecule has 2 saturated heterocycles. The molecule has 0 amide bonds. The molecule has 3 nitrogen and oxygen atoms in total. The second kappa shape index (κ2) is 7.46. The molecular formula is C15H31N3. The zero-order valence-corrected chi connectivity index (χ0v) is 12.3. The molecule has 2 heterocycles. The third-order valence-electron chi connectivity index (χ3n) is 4.38. The van der Waals surface area contributed by atoms with Crippen LogP contribution in [0.25, 0.3) is 0 Å². The summed E-state index contributed by atoms with van der Waals surface area (Å²) in [6.45, 7) is 12.3. The molecule has 3 heteroatoms. The average Bonchev–Trinajstić information content (AvgIpc) is 2.80. The molecule has 1 atom stereocenters. The maximum Gasteiger partial charge on any atom is 0.0224 e. The van der Waals surface area contributed by atoms with Crippen molar-refractivity contribution in [3.63, 3.8) is 0 Å². The number of hydrogen-bond acceptors (Lipinski definition) is 3. The molecule has 2 rings (SSSR count). The van der Waals surface area contributed by atoms with Gasteiger partial charge in [-0.3, -0.25) is 4.90 Å². The Morgan fingerprint density at radius 1 is 1.11 bits per heavy atom. The highest BCUT2D eigenvalue weighted by molar-refractivity contribution is 4.86. The summed E-state index contributed by atoms with van der Waals surface area (Å²) in [4.78, 5) is 5.39. The molecule has 0 radical (unpaired) electrons. The minimum Gasteiger partial charge on any atom is -0.315 e. The van der Waals surface area contributed by atoms with Crippen LogP contribution in [0.1, 0.15) is 46.0 Å². The van der Waals surface area contributed by atoms with E-state index >= 15 is 0 Å². The average molecular weight is 253 g/mol. The van der Waals surface area contributed by atoms with Crippen LogP contribution in [0.5, 0.6) is 0 Å². The molecule has 0 spiro atoms. The van der Waals surface area contributed by atoms with Crippen molar-refractivity contribution in [2.75, 3.05) is 39.3 Å². The van der Waals surface area contributed by atoms with E-state index in [9.17, 15) is 0 Å². The SMILES string of the molecule is CC(C)NCCCCCN1CCN2CCCC2C1. The van der Waals surface area contributed by atoms with Crippen molar-refractivity contribution in [1.82, 2.24) is 15.1 Å². The molecule has 1 N–H and O–H groups in total. The summed E-state index contributed by atoms with van der Waals surface area (Å²) in [5.41, 5.74) is 0. The van der Waals surface area contributed by atoms with Gasteiger partial charge in [-0.05, 0) is 45.3 Å². The van der Waals surface area contributed by atoms with E-state index in [0.29, 0.717) is 6.04 Å². The molecule has 18 heavy (non-hydrogen) atoms. The predicted octanol–water partition coefficient (Wildman–Crippen LogP) is 1.93. The quantitative estimate of drug-likeness (QED) is 0.700. The fraction of sp³-hybridized carbons (Fsp3) is 1.00. The van der Waals surface area contributed by atoms with Crippen LogP contribution in [0, 0.1) is 0 Å². The molecule has 0 bridgehead atoms. The summed E-state index contributed by atoms with van der Waals surface area (Å²) in [5.74, 6) is 0. The van der Waals surface area contributed by atoms with Gasteiger partial charge in [-0.15, -0.1) is 0 Å². The number of nitrogens with zero attached hydrogens (tertiary/aromatic N) is 2. The van der Waals surface area contributed by atoms with Gasteiger partial charge in [0.2, 0.25) is 0 Å². The van der Waals surface area contributed by atoms with E-state index in [1.165, 1.54) is 71.4 Å². The van der Waals surface area contributed by atoms with E-state index < -0.39 is 0 Å². The zero-order valence-electron chi connectivity index (χ0n) is 12.3. The second-order valence-electron chi connectivity index (χ2n) is 6.30. The smallest absolute Gasteiger partial charge is 0.0224 e. The monoisotopic (exact) mass is 253 g/mol. The molecule has 0 aliphatic carbocycles. The number of hydrogen-bond donors (Lipinski definition) is 1. The third kappa shape index (κ3) is 4.52. The van der Waals surface area contributed by atoms with Crippen molar-refractivity contribution in [3.05, 3.63) is 0 Å². The zero-order chi connectivity index (χ0) is 12.8. The van der Waals surface area contributed by atoms with Crippen LogP contribution in [0.4, 0.5) is 0 Å². The van der Waals surface area contributed by atoms with E-state index in [0.717, 1.165) is 6.04 Å². The van der Waals surface area contributed by atoms with Gasteiger partial charge in [0.15, 0.2) is 0 Å². The van der Waals surface area contributed by atoms with Gasteiger partial charge in [-0.25, -0.2) is 0 Å². The standard InChI is InChI=1S/C15H31N3/c1-14(2)16-8-4-3-5-9-17-11-12-18-10-6-7-15(18)13-17/h14-16H,3-13H2,1-2H3. The van der Waals surface area contributed by atoms with Crippen LogP contribution < -0.4 is 5.32 Å². The lowest BCUT2D eigenvalue weighted by molar-refractivity contribution is 0.103. The Balaban J connectivity index is 1.49. The van der Waals surface area contributed by atoms with Gasteiger partial charge in [0.1, 0.15) is 0 Å². The molecule has 2 aliphatic rings. The van der Waals surface area contributed by atoms with Gasteiger partial charge in [-0.2, -0.15) is 0 Å². The Bertz CT molecular complexity index is 230. The summed E-state index contributed by atoms with van der Waals surface area (Å²) in [6, 6.07) is 1.53. The first-order chi connectivity index (χ1) is 8.75. The number of nitrogens with one attached hydrogen (secondary N) is 1. The molecular weight excluding hydrogens is 222 g/mol. The van der Waals surface area contributed by atoms with Crippen molar-refractivity contribution in [2.45, 2.75) is 58.0 Å². The van der Waals surface area contributed by atoms with Crippen molar-refractivity contribution in [1.29, 1.82) is 0 Å². The Morgan fingerprint density at radius 2 is 2.00 bits per heavy atom. The normalized spacial score (nSPS) is 25.8. The van der Waals surface area contributed by atoms with Crippen LogP contribution in [0.15, 0.2) is 0 Å². The van der Waals surface area contributed by atoms with E-state index in [1.54, 1.807) is 0 Å². The van der Waals surface area contributed by atoms with Crippen LogP contribution in [0.3, 0.4) is 0 Å². The minimum atomic E-state index is 0.639. The van der Waals surface area contributed by atoms with Crippen molar-refractivity contribution < 1.29 is 0 Å². The van der Waals surface area contributed by atoms with Crippen molar-refractivity contribution >= 4 is 0 Å². The lowest BCUT2D eigenvalue weighted by Crippen LogP contribution is -2.50. The Kier molecular flexibility index (Phi) is 5.93. The highest BCUT2D eigenvalue weighted by Gasteiger charge is 2.29. The molecule has 0 aromatic heterocycles. The lowest BCUT2D eigenvalue weighted by atomic mass is 10.1. The highest BCUT2D eigenvalue weighted by Crippen LogP contribution is 2.21. The van der Waals surface area contributed by atoms with Gasteiger partial charge in [0.05, 0.1) is 0 Å².